The number of hydrogen-bond acceptors (Lipinski definition) is 5. The molecule has 27 heavy (non-hydrogen) atoms. The summed E-state index contributed by atoms with van der Waals surface area (Å²) in [4.78, 5) is 40.1. The van der Waals surface area contributed by atoms with Gasteiger partial charge >= 0.3 is 11.9 Å². The monoisotopic (exact) mass is 399 g/mol. The van der Waals surface area contributed by atoms with Crippen LogP contribution in [0, 0.1) is 11.8 Å². The summed E-state index contributed by atoms with van der Waals surface area (Å²) in [6.07, 6.45) is -0.711. The van der Waals surface area contributed by atoms with Crippen molar-refractivity contribution in [2.75, 3.05) is 6.54 Å². The number of rotatable bonds is 11. The SMILES string of the molecule is CC(C)C(=O)O[C@@H](ON(C=O)C[C@H](CC(=O)O)c1ccc(Cl)cc1)C(C)C. The van der Waals surface area contributed by atoms with Gasteiger partial charge in [-0.1, -0.05) is 51.4 Å². The first-order chi connectivity index (χ1) is 12.6. The molecule has 0 unspecified atom stereocenters. The number of amides is 1. The predicted molar refractivity (Wildman–Crippen MR) is 99.9 cm³/mol. The van der Waals surface area contributed by atoms with Crippen molar-refractivity contribution in [3.63, 3.8) is 0 Å². The number of benzene rings is 1. The number of halogens is 1. The van der Waals surface area contributed by atoms with Crippen LogP contribution in [0.1, 0.15) is 45.6 Å². The van der Waals surface area contributed by atoms with E-state index in [0.717, 1.165) is 5.06 Å². The lowest BCUT2D eigenvalue weighted by atomic mass is 9.95. The molecule has 7 nitrogen and oxygen atoms in total. The van der Waals surface area contributed by atoms with Crippen molar-refractivity contribution < 1.29 is 29.1 Å². The molecule has 1 rings (SSSR count). The highest BCUT2D eigenvalue weighted by atomic mass is 35.5. The lowest BCUT2D eigenvalue weighted by Gasteiger charge is -2.29. The standard InChI is InChI=1S/C19H26ClNO6/c1-12(2)18(25)26-19(13(3)4)27-21(11-22)10-15(9-17(23)24)14-5-7-16(20)8-6-14/h5-8,11-13,15,19H,9-10H2,1-4H3,(H,23,24)/t15-,19-/m0/s1. The second kappa shape index (κ2) is 10.9. The van der Waals surface area contributed by atoms with E-state index in [1.165, 1.54) is 0 Å². The summed E-state index contributed by atoms with van der Waals surface area (Å²) in [5.41, 5.74) is 0.706. The maximum atomic E-state index is 11.8. The molecule has 1 N–H and O–H groups in total. The van der Waals surface area contributed by atoms with Crippen LogP contribution in [-0.2, 0) is 24.0 Å². The number of nitrogens with zero attached hydrogens (tertiary/aromatic N) is 1. The van der Waals surface area contributed by atoms with Gasteiger partial charge in [0, 0.05) is 16.9 Å². The van der Waals surface area contributed by atoms with Gasteiger partial charge in [-0.2, -0.15) is 0 Å². The van der Waals surface area contributed by atoms with E-state index in [1.54, 1.807) is 52.0 Å². The van der Waals surface area contributed by atoms with E-state index < -0.39 is 24.1 Å². The van der Waals surface area contributed by atoms with Crippen molar-refractivity contribution >= 4 is 29.9 Å². The number of carbonyl (C=O) groups excluding carboxylic acids is 2. The minimum absolute atomic E-state index is 0.0140. The first-order valence-electron chi connectivity index (χ1n) is 8.70. The van der Waals surface area contributed by atoms with E-state index in [1.807, 2.05) is 0 Å². The third-order valence-electron chi connectivity index (χ3n) is 3.77. The molecule has 1 aromatic rings. The lowest BCUT2D eigenvalue weighted by Crippen LogP contribution is -2.38. The first-order valence-corrected chi connectivity index (χ1v) is 9.08. The van der Waals surface area contributed by atoms with Crippen LogP contribution in [-0.4, -0.2) is 41.4 Å². The van der Waals surface area contributed by atoms with Gasteiger partial charge in [0.15, 0.2) is 0 Å². The Kier molecular flexibility index (Phi) is 9.25. The third kappa shape index (κ3) is 7.97. The van der Waals surface area contributed by atoms with Crippen molar-refractivity contribution in [1.29, 1.82) is 0 Å². The number of carbonyl (C=O) groups is 3. The molecule has 150 valence electrons. The van der Waals surface area contributed by atoms with Gasteiger partial charge in [-0.15, -0.1) is 0 Å². The molecular formula is C19H26ClNO6. The Hall–Kier alpha value is -2.12. The van der Waals surface area contributed by atoms with Gasteiger partial charge in [-0.25, -0.2) is 9.90 Å². The zero-order valence-electron chi connectivity index (χ0n) is 15.9. The van der Waals surface area contributed by atoms with Crippen LogP contribution in [0.2, 0.25) is 5.02 Å². The van der Waals surface area contributed by atoms with Crippen LogP contribution in [0.3, 0.4) is 0 Å². The maximum absolute atomic E-state index is 11.8. The van der Waals surface area contributed by atoms with Gasteiger partial charge < -0.3 is 9.84 Å². The molecule has 0 saturated heterocycles. The predicted octanol–water partition coefficient (Wildman–Crippen LogP) is 3.47. The van der Waals surface area contributed by atoms with Crippen LogP contribution < -0.4 is 0 Å². The topological polar surface area (TPSA) is 93.1 Å². The molecule has 2 atom stereocenters. The van der Waals surface area contributed by atoms with Crippen molar-refractivity contribution in [3.8, 4) is 0 Å². The fourth-order valence-corrected chi connectivity index (χ4v) is 2.35. The van der Waals surface area contributed by atoms with E-state index in [-0.39, 0.29) is 24.8 Å². The van der Waals surface area contributed by atoms with Crippen LogP contribution in [0.15, 0.2) is 24.3 Å². The van der Waals surface area contributed by atoms with Crippen LogP contribution >= 0.6 is 11.6 Å². The number of carboxylic acid groups (broad SMARTS) is 1. The molecule has 0 saturated carbocycles. The summed E-state index contributed by atoms with van der Waals surface area (Å²) in [5, 5.41) is 10.7. The van der Waals surface area contributed by atoms with Crippen molar-refractivity contribution in [2.24, 2.45) is 11.8 Å². The zero-order chi connectivity index (χ0) is 20.6. The molecule has 0 fully saturated rings. The fourth-order valence-electron chi connectivity index (χ4n) is 2.22. The largest absolute Gasteiger partial charge is 0.481 e. The highest BCUT2D eigenvalue weighted by Crippen LogP contribution is 2.24. The van der Waals surface area contributed by atoms with Crippen LogP contribution in [0.4, 0.5) is 0 Å². The number of aliphatic carboxylic acids is 1. The molecule has 0 aromatic heterocycles. The van der Waals surface area contributed by atoms with Gasteiger partial charge in [-0.3, -0.25) is 14.4 Å². The quantitative estimate of drug-likeness (QED) is 0.265. The van der Waals surface area contributed by atoms with Crippen molar-refractivity contribution in [3.05, 3.63) is 34.9 Å². The Bertz CT molecular complexity index is 632. The molecule has 0 aliphatic heterocycles. The van der Waals surface area contributed by atoms with Gasteiger partial charge in [-0.05, 0) is 17.7 Å². The van der Waals surface area contributed by atoms with E-state index in [4.69, 9.17) is 21.2 Å². The molecule has 0 aliphatic carbocycles. The second-order valence-corrected chi connectivity index (χ2v) is 7.30. The molecule has 1 amide bonds. The summed E-state index contributed by atoms with van der Waals surface area (Å²) in [6, 6.07) is 6.72. The summed E-state index contributed by atoms with van der Waals surface area (Å²) in [7, 11) is 0. The Balaban J connectivity index is 2.91. The minimum Gasteiger partial charge on any atom is -0.481 e. The molecule has 0 bridgehead atoms. The third-order valence-corrected chi connectivity index (χ3v) is 4.02. The molecule has 0 spiro atoms. The van der Waals surface area contributed by atoms with E-state index >= 15 is 0 Å². The number of carboxylic acids is 1. The average Bonchev–Trinajstić information content (AvgIpc) is 2.59. The van der Waals surface area contributed by atoms with Crippen LogP contribution in [0.5, 0.6) is 0 Å². The highest BCUT2D eigenvalue weighted by molar-refractivity contribution is 6.30. The molecule has 0 heterocycles. The normalized spacial score (nSPS) is 13.3. The van der Waals surface area contributed by atoms with E-state index in [0.29, 0.717) is 17.0 Å². The van der Waals surface area contributed by atoms with E-state index in [2.05, 4.69) is 0 Å². The smallest absolute Gasteiger partial charge is 0.310 e. The first kappa shape index (κ1) is 22.9. The Morgan fingerprint density at radius 1 is 1.19 bits per heavy atom. The molecule has 0 aliphatic rings. The van der Waals surface area contributed by atoms with Gasteiger partial charge in [0.05, 0.1) is 18.9 Å². The zero-order valence-corrected chi connectivity index (χ0v) is 16.7. The Labute approximate surface area is 164 Å². The van der Waals surface area contributed by atoms with Gasteiger partial charge in [0.1, 0.15) is 0 Å². The molecular weight excluding hydrogens is 374 g/mol. The number of esters is 1. The second-order valence-electron chi connectivity index (χ2n) is 6.86. The number of ether oxygens (including phenoxy) is 1. The Morgan fingerprint density at radius 3 is 2.22 bits per heavy atom. The van der Waals surface area contributed by atoms with Gasteiger partial charge in [0.25, 0.3) is 0 Å². The van der Waals surface area contributed by atoms with E-state index in [9.17, 15) is 19.5 Å². The Morgan fingerprint density at radius 2 is 1.78 bits per heavy atom. The highest BCUT2D eigenvalue weighted by Gasteiger charge is 2.26. The number of hydroxylamine groups is 2. The average molecular weight is 400 g/mol. The molecule has 1 aromatic carbocycles. The number of hydrogen-bond donors (Lipinski definition) is 1. The lowest BCUT2D eigenvalue weighted by molar-refractivity contribution is -0.272. The summed E-state index contributed by atoms with van der Waals surface area (Å²) in [6.45, 7) is 6.95. The fraction of sp³-hybridized carbons (Fsp3) is 0.526. The van der Waals surface area contributed by atoms with Crippen molar-refractivity contribution in [1.82, 2.24) is 5.06 Å². The molecule has 8 heteroatoms. The summed E-state index contributed by atoms with van der Waals surface area (Å²) < 4.78 is 5.29. The minimum atomic E-state index is -1.01. The van der Waals surface area contributed by atoms with Crippen LogP contribution in [0.25, 0.3) is 0 Å². The molecule has 0 radical (unpaired) electrons. The summed E-state index contributed by atoms with van der Waals surface area (Å²) in [5.74, 6) is -2.51. The van der Waals surface area contributed by atoms with Crippen molar-refractivity contribution in [2.45, 2.75) is 46.3 Å². The summed E-state index contributed by atoms with van der Waals surface area (Å²) >= 11 is 5.88. The van der Waals surface area contributed by atoms with Gasteiger partial charge in [0.2, 0.25) is 12.7 Å². The maximum Gasteiger partial charge on any atom is 0.310 e.